The minimum atomic E-state index is -3.61. The Morgan fingerprint density at radius 1 is 1.10 bits per heavy atom. The summed E-state index contributed by atoms with van der Waals surface area (Å²) in [4.78, 5) is 15.2. The number of hydrogen-bond acceptors (Lipinski definition) is 5. The van der Waals surface area contributed by atoms with Crippen LogP contribution in [0.1, 0.15) is 39.0 Å². The summed E-state index contributed by atoms with van der Waals surface area (Å²) in [5.74, 6) is 1.84. The molecule has 29 heavy (non-hydrogen) atoms. The first-order chi connectivity index (χ1) is 14.0. The van der Waals surface area contributed by atoms with E-state index in [0.717, 1.165) is 19.5 Å². The summed E-state index contributed by atoms with van der Waals surface area (Å²) in [6, 6.07) is 4.76. The number of carbonyl (C=O) groups excluding carboxylic acids is 1. The molecule has 0 atom stereocenters. The van der Waals surface area contributed by atoms with Gasteiger partial charge in [-0.2, -0.15) is 4.31 Å². The average Bonchev–Trinajstić information content (AvgIpc) is 3.57. The number of benzene rings is 1. The van der Waals surface area contributed by atoms with Crippen molar-refractivity contribution in [3.63, 3.8) is 0 Å². The number of sulfonamides is 1. The molecule has 0 unspecified atom stereocenters. The van der Waals surface area contributed by atoms with Crippen LogP contribution >= 0.6 is 0 Å². The van der Waals surface area contributed by atoms with E-state index in [4.69, 9.17) is 9.47 Å². The van der Waals surface area contributed by atoms with Gasteiger partial charge in [-0.1, -0.05) is 6.92 Å². The van der Waals surface area contributed by atoms with Crippen LogP contribution in [0.15, 0.2) is 23.1 Å². The zero-order chi connectivity index (χ0) is 20.4. The molecule has 1 aromatic rings. The number of rotatable bonds is 7. The summed E-state index contributed by atoms with van der Waals surface area (Å²) in [6.45, 7) is 5.38. The first-order valence-electron chi connectivity index (χ1n) is 10.7. The molecule has 2 aliphatic heterocycles. The minimum absolute atomic E-state index is 0.0768. The van der Waals surface area contributed by atoms with Crippen molar-refractivity contribution in [2.24, 2.45) is 11.8 Å². The smallest absolute Gasteiger partial charge is 0.243 e. The molecule has 0 bridgehead atoms. The van der Waals surface area contributed by atoms with E-state index in [0.29, 0.717) is 56.6 Å². The van der Waals surface area contributed by atoms with Crippen molar-refractivity contribution in [2.75, 3.05) is 39.4 Å². The highest BCUT2D eigenvalue weighted by atomic mass is 32.2. The average molecular weight is 423 g/mol. The maximum atomic E-state index is 13.1. The van der Waals surface area contributed by atoms with Gasteiger partial charge in [0, 0.05) is 38.2 Å². The predicted octanol–water partition coefficient (Wildman–Crippen LogP) is 2.51. The van der Waals surface area contributed by atoms with Gasteiger partial charge < -0.3 is 14.4 Å². The number of hydrogen-bond donors (Lipinski definition) is 0. The number of ether oxygens (including phenoxy) is 2. The second-order valence-corrected chi connectivity index (χ2v) is 10.1. The van der Waals surface area contributed by atoms with Gasteiger partial charge in [0.05, 0.1) is 4.90 Å². The molecule has 2 heterocycles. The van der Waals surface area contributed by atoms with Crippen molar-refractivity contribution in [1.82, 2.24) is 9.21 Å². The molecule has 1 amide bonds. The number of carbonyl (C=O) groups is 1. The van der Waals surface area contributed by atoms with Crippen LogP contribution in [0.2, 0.25) is 0 Å². The van der Waals surface area contributed by atoms with E-state index in [1.165, 1.54) is 17.1 Å². The molecule has 7 nitrogen and oxygen atoms in total. The van der Waals surface area contributed by atoms with E-state index in [-0.39, 0.29) is 16.7 Å². The second kappa shape index (κ2) is 8.52. The molecule has 1 aliphatic carbocycles. The molecule has 8 heteroatoms. The van der Waals surface area contributed by atoms with Crippen LogP contribution in [0.5, 0.6) is 11.5 Å². The summed E-state index contributed by atoms with van der Waals surface area (Å²) < 4.78 is 38.6. The Hall–Kier alpha value is -1.80. The highest BCUT2D eigenvalue weighted by molar-refractivity contribution is 7.89. The van der Waals surface area contributed by atoms with Crippen LogP contribution in [-0.2, 0) is 14.8 Å². The van der Waals surface area contributed by atoms with Crippen molar-refractivity contribution in [3.8, 4) is 11.5 Å². The van der Waals surface area contributed by atoms with Crippen molar-refractivity contribution < 1.29 is 22.7 Å². The molecule has 160 valence electrons. The summed E-state index contributed by atoms with van der Waals surface area (Å²) in [5, 5.41) is 0. The van der Waals surface area contributed by atoms with Crippen LogP contribution in [0, 0.1) is 11.8 Å². The Morgan fingerprint density at radius 2 is 1.79 bits per heavy atom. The van der Waals surface area contributed by atoms with Crippen LogP contribution in [-0.4, -0.2) is 62.9 Å². The third-order valence-corrected chi connectivity index (χ3v) is 7.83. The lowest BCUT2D eigenvalue weighted by atomic mass is 9.96. The summed E-state index contributed by atoms with van der Waals surface area (Å²) >= 11 is 0. The standard InChI is InChI=1S/C21H30N2O5S/c1-2-9-22(15-16-3-4-16)21(24)17-7-10-23(11-8-17)29(25,26)18-5-6-19-20(14-18)28-13-12-27-19/h5-6,14,16-17H,2-4,7-13,15H2,1H3. The molecule has 0 radical (unpaired) electrons. The van der Waals surface area contributed by atoms with E-state index < -0.39 is 10.0 Å². The molecule has 0 aromatic heterocycles. The first kappa shape index (κ1) is 20.5. The number of amides is 1. The normalized spacial score (nSPS) is 20.4. The van der Waals surface area contributed by atoms with Crippen molar-refractivity contribution in [3.05, 3.63) is 18.2 Å². The number of fused-ring (bicyclic) bond motifs is 1. The van der Waals surface area contributed by atoms with Gasteiger partial charge in [0.25, 0.3) is 0 Å². The Labute approximate surface area is 173 Å². The van der Waals surface area contributed by atoms with Gasteiger partial charge in [0.2, 0.25) is 15.9 Å². The van der Waals surface area contributed by atoms with Crippen LogP contribution in [0.25, 0.3) is 0 Å². The Bertz CT molecular complexity index is 845. The fourth-order valence-corrected chi connectivity index (χ4v) is 5.59. The Kier molecular flexibility index (Phi) is 6.01. The van der Waals surface area contributed by atoms with E-state index >= 15 is 0 Å². The van der Waals surface area contributed by atoms with Gasteiger partial charge in [-0.05, 0) is 50.2 Å². The largest absolute Gasteiger partial charge is 0.486 e. The lowest BCUT2D eigenvalue weighted by Crippen LogP contribution is -2.45. The van der Waals surface area contributed by atoms with Gasteiger partial charge in [-0.15, -0.1) is 0 Å². The van der Waals surface area contributed by atoms with Gasteiger partial charge >= 0.3 is 0 Å². The van der Waals surface area contributed by atoms with Crippen LogP contribution in [0.4, 0.5) is 0 Å². The SMILES string of the molecule is CCCN(CC1CC1)C(=O)C1CCN(S(=O)(=O)c2ccc3c(c2)OCCO3)CC1. The molecule has 2 fully saturated rings. The highest BCUT2D eigenvalue weighted by Crippen LogP contribution is 2.35. The van der Waals surface area contributed by atoms with Crippen molar-refractivity contribution in [2.45, 2.75) is 43.9 Å². The third-order valence-electron chi connectivity index (χ3n) is 5.94. The van der Waals surface area contributed by atoms with E-state index in [1.807, 2.05) is 4.90 Å². The van der Waals surface area contributed by atoms with Crippen LogP contribution in [0.3, 0.4) is 0 Å². The monoisotopic (exact) mass is 422 g/mol. The number of nitrogens with zero attached hydrogens (tertiary/aromatic N) is 2. The molecule has 4 rings (SSSR count). The van der Waals surface area contributed by atoms with Gasteiger partial charge in [0.1, 0.15) is 13.2 Å². The third kappa shape index (κ3) is 4.53. The molecular weight excluding hydrogens is 392 g/mol. The first-order valence-corrected chi connectivity index (χ1v) is 12.1. The molecule has 1 aromatic carbocycles. The molecule has 1 saturated heterocycles. The lowest BCUT2D eigenvalue weighted by molar-refractivity contribution is -0.137. The minimum Gasteiger partial charge on any atom is -0.486 e. The summed E-state index contributed by atoms with van der Waals surface area (Å²) in [7, 11) is -3.61. The molecule has 1 saturated carbocycles. The maximum absolute atomic E-state index is 13.1. The van der Waals surface area contributed by atoms with E-state index in [2.05, 4.69) is 6.92 Å². The van der Waals surface area contributed by atoms with Crippen molar-refractivity contribution >= 4 is 15.9 Å². The quantitative estimate of drug-likeness (QED) is 0.675. The summed E-state index contributed by atoms with van der Waals surface area (Å²) in [6.07, 6.45) is 4.55. The molecular formula is C21H30N2O5S. The maximum Gasteiger partial charge on any atom is 0.243 e. The topological polar surface area (TPSA) is 76.2 Å². The van der Waals surface area contributed by atoms with Crippen LogP contribution < -0.4 is 9.47 Å². The van der Waals surface area contributed by atoms with E-state index in [1.54, 1.807) is 18.2 Å². The zero-order valence-corrected chi connectivity index (χ0v) is 17.8. The second-order valence-electron chi connectivity index (χ2n) is 8.21. The zero-order valence-electron chi connectivity index (χ0n) is 17.0. The van der Waals surface area contributed by atoms with Crippen molar-refractivity contribution in [1.29, 1.82) is 0 Å². The number of piperidine rings is 1. The Morgan fingerprint density at radius 3 is 2.45 bits per heavy atom. The van der Waals surface area contributed by atoms with Gasteiger partial charge in [0.15, 0.2) is 11.5 Å². The van der Waals surface area contributed by atoms with Gasteiger partial charge in [-0.25, -0.2) is 8.42 Å². The molecule has 0 spiro atoms. The predicted molar refractivity (Wildman–Crippen MR) is 109 cm³/mol. The summed E-state index contributed by atoms with van der Waals surface area (Å²) in [5.41, 5.74) is 0. The van der Waals surface area contributed by atoms with Gasteiger partial charge in [-0.3, -0.25) is 4.79 Å². The molecule has 3 aliphatic rings. The fraction of sp³-hybridized carbons (Fsp3) is 0.667. The van der Waals surface area contributed by atoms with E-state index in [9.17, 15) is 13.2 Å². The Balaban J connectivity index is 1.40. The fourth-order valence-electron chi connectivity index (χ4n) is 4.11. The highest BCUT2D eigenvalue weighted by Gasteiger charge is 2.35. The lowest BCUT2D eigenvalue weighted by Gasteiger charge is -2.34. The molecule has 0 N–H and O–H groups in total.